The van der Waals surface area contributed by atoms with Crippen molar-refractivity contribution in [3.63, 3.8) is 0 Å². The molecule has 0 atom stereocenters. The van der Waals surface area contributed by atoms with Gasteiger partial charge in [-0.3, -0.25) is 9.59 Å². The van der Waals surface area contributed by atoms with Crippen LogP contribution in [0.4, 0.5) is 5.69 Å². The molecule has 134 valence electrons. The van der Waals surface area contributed by atoms with Gasteiger partial charge in [0.2, 0.25) is 5.91 Å². The van der Waals surface area contributed by atoms with Crippen LogP contribution < -0.4 is 11.1 Å². The van der Waals surface area contributed by atoms with Gasteiger partial charge < -0.3 is 16.0 Å². The number of nitrogens with zero attached hydrogens (tertiary/aromatic N) is 1. The van der Waals surface area contributed by atoms with E-state index in [-0.39, 0.29) is 24.2 Å². The number of amides is 2. The first-order valence-corrected chi connectivity index (χ1v) is 8.01. The molecule has 2 aromatic carbocycles. The van der Waals surface area contributed by atoms with E-state index in [1.165, 1.54) is 12.5 Å². The number of halogens is 1. The number of hydrogen-bond donors (Lipinski definition) is 2. The second-order valence-corrected chi connectivity index (χ2v) is 5.58. The van der Waals surface area contributed by atoms with Crippen molar-refractivity contribution in [2.45, 2.75) is 13.3 Å². The minimum atomic E-state index is -0.164. The molecule has 0 aliphatic heterocycles. The summed E-state index contributed by atoms with van der Waals surface area (Å²) in [4.78, 5) is 25.7. The van der Waals surface area contributed by atoms with Crippen molar-refractivity contribution in [1.29, 1.82) is 0 Å². The van der Waals surface area contributed by atoms with E-state index in [4.69, 9.17) is 5.73 Å². The topological polar surface area (TPSA) is 75.4 Å². The summed E-state index contributed by atoms with van der Waals surface area (Å²) >= 11 is 0. The van der Waals surface area contributed by atoms with Gasteiger partial charge in [-0.05, 0) is 30.2 Å². The quantitative estimate of drug-likeness (QED) is 0.796. The van der Waals surface area contributed by atoms with Crippen molar-refractivity contribution in [1.82, 2.24) is 4.90 Å². The number of anilines is 1. The summed E-state index contributed by atoms with van der Waals surface area (Å²) in [7, 11) is 0. The first kappa shape index (κ1) is 20.7. The van der Waals surface area contributed by atoms with Gasteiger partial charge in [-0.25, -0.2) is 0 Å². The number of hydrogen-bond acceptors (Lipinski definition) is 3. The predicted octanol–water partition coefficient (Wildman–Crippen LogP) is 2.71. The molecule has 2 rings (SSSR count). The summed E-state index contributed by atoms with van der Waals surface area (Å²) in [5, 5.41) is 2.69. The van der Waals surface area contributed by atoms with Gasteiger partial charge in [0.15, 0.2) is 0 Å². The molecule has 0 heterocycles. The zero-order valence-electron chi connectivity index (χ0n) is 14.3. The summed E-state index contributed by atoms with van der Waals surface area (Å²) < 4.78 is 0. The van der Waals surface area contributed by atoms with E-state index in [2.05, 4.69) is 5.32 Å². The lowest BCUT2D eigenvalue weighted by molar-refractivity contribution is -0.114. The lowest BCUT2D eigenvalue weighted by atomic mass is 10.1. The molecule has 2 aromatic rings. The molecule has 5 nitrogen and oxygen atoms in total. The smallest absolute Gasteiger partial charge is 0.253 e. The Bertz CT molecular complexity index is 692. The van der Waals surface area contributed by atoms with Crippen molar-refractivity contribution in [3.05, 3.63) is 65.7 Å². The summed E-state index contributed by atoms with van der Waals surface area (Å²) in [6, 6.07) is 17.0. The molecule has 0 unspecified atom stereocenters. The maximum atomic E-state index is 12.8. The van der Waals surface area contributed by atoms with Crippen LogP contribution in [0.2, 0.25) is 0 Å². The minimum absolute atomic E-state index is 0. The number of nitrogens with one attached hydrogen (secondary N) is 1. The zero-order chi connectivity index (χ0) is 17.4. The first-order valence-electron chi connectivity index (χ1n) is 8.01. The molecule has 0 bridgehead atoms. The molecule has 0 saturated carbocycles. The van der Waals surface area contributed by atoms with E-state index in [0.29, 0.717) is 30.9 Å². The van der Waals surface area contributed by atoms with Crippen molar-refractivity contribution in [2.75, 3.05) is 25.0 Å². The molecule has 0 aromatic heterocycles. The second kappa shape index (κ2) is 10.5. The Balaban J connectivity index is 0.00000312. The van der Waals surface area contributed by atoms with Crippen LogP contribution in [-0.2, 0) is 11.2 Å². The van der Waals surface area contributed by atoms with Crippen LogP contribution in [-0.4, -0.2) is 36.3 Å². The molecule has 0 saturated heterocycles. The molecule has 2 amide bonds. The molecule has 25 heavy (non-hydrogen) atoms. The van der Waals surface area contributed by atoms with Crippen LogP contribution in [0.25, 0.3) is 0 Å². The van der Waals surface area contributed by atoms with Gasteiger partial charge in [0.25, 0.3) is 5.91 Å². The van der Waals surface area contributed by atoms with Crippen molar-refractivity contribution < 1.29 is 9.59 Å². The van der Waals surface area contributed by atoms with Crippen LogP contribution in [0.1, 0.15) is 22.8 Å². The largest absolute Gasteiger partial charge is 0.337 e. The highest BCUT2D eigenvalue weighted by Gasteiger charge is 2.15. The standard InChI is InChI=1S/C19H23N3O2.ClH/c1-15(23)21-18-9-5-8-17(14-18)19(24)22(13-11-20)12-10-16-6-3-2-4-7-16;/h2-9,14H,10-13,20H2,1H3,(H,21,23);1H. The lowest BCUT2D eigenvalue weighted by Gasteiger charge is -2.22. The van der Waals surface area contributed by atoms with Gasteiger partial charge in [-0.1, -0.05) is 36.4 Å². The predicted molar refractivity (Wildman–Crippen MR) is 103 cm³/mol. The van der Waals surface area contributed by atoms with E-state index >= 15 is 0 Å². The van der Waals surface area contributed by atoms with Crippen LogP contribution in [0.3, 0.4) is 0 Å². The third-order valence-electron chi connectivity index (χ3n) is 3.63. The highest BCUT2D eigenvalue weighted by molar-refractivity contribution is 5.96. The molecule has 0 radical (unpaired) electrons. The maximum absolute atomic E-state index is 12.8. The Hall–Kier alpha value is -2.37. The van der Waals surface area contributed by atoms with Gasteiger partial charge in [-0.2, -0.15) is 0 Å². The average molecular weight is 362 g/mol. The van der Waals surface area contributed by atoms with Crippen LogP contribution in [0, 0.1) is 0 Å². The van der Waals surface area contributed by atoms with E-state index in [1.54, 1.807) is 29.2 Å². The fourth-order valence-electron chi connectivity index (χ4n) is 2.50. The zero-order valence-corrected chi connectivity index (χ0v) is 15.1. The summed E-state index contributed by atoms with van der Waals surface area (Å²) in [5.41, 5.74) is 8.00. The molecule has 0 spiro atoms. The van der Waals surface area contributed by atoms with E-state index in [1.807, 2.05) is 30.3 Å². The number of nitrogens with two attached hydrogens (primary N) is 1. The SMILES string of the molecule is CC(=O)Nc1cccc(C(=O)N(CCN)CCc2ccccc2)c1.Cl. The monoisotopic (exact) mass is 361 g/mol. The van der Waals surface area contributed by atoms with Crippen molar-refractivity contribution in [3.8, 4) is 0 Å². The van der Waals surface area contributed by atoms with Gasteiger partial charge in [0, 0.05) is 37.8 Å². The van der Waals surface area contributed by atoms with Gasteiger partial charge >= 0.3 is 0 Å². The van der Waals surface area contributed by atoms with Crippen LogP contribution >= 0.6 is 12.4 Å². The number of rotatable bonds is 7. The summed E-state index contributed by atoms with van der Waals surface area (Å²) in [5.74, 6) is -0.244. The molecule has 0 fully saturated rings. The Morgan fingerprint density at radius 3 is 2.40 bits per heavy atom. The number of carbonyl (C=O) groups is 2. The van der Waals surface area contributed by atoms with Gasteiger partial charge in [0.05, 0.1) is 0 Å². The molecule has 0 aliphatic rings. The number of carbonyl (C=O) groups excluding carboxylic acids is 2. The number of benzene rings is 2. The molecular weight excluding hydrogens is 338 g/mol. The third-order valence-corrected chi connectivity index (χ3v) is 3.63. The van der Waals surface area contributed by atoms with Crippen LogP contribution in [0.15, 0.2) is 54.6 Å². The lowest BCUT2D eigenvalue weighted by Crippen LogP contribution is -2.37. The normalized spacial score (nSPS) is 9.84. The fraction of sp³-hybridized carbons (Fsp3) is 0.263. The second-order valence-electron chi connectivity index (χ2n) is 5.58. The highest BCUT2D eigenvalue weighted by atomic mass is 35.5. The van der Waals surface area contributed by atoms with Gasteiger partial charge in [-0.15, -0.1) is 12.4 Å². The summed E-state index contributed by atoms with van der Waals surface area (Å²) in [6.45, 7) is 2.95. The minimum Gasteiger partial charge on any atom is -0.337 e. The van der Waals surface area contributed by atoms with E-state index in [0.717, 1.165) is 6.42 Å². The Morgan fingerprint density at radius 2 is 1.76 bits per heavy atom. The highest BCUT2D eigenvalue weighted by Crippen LogP contribution is 2.13. The molecule has 6 heteroatoms. The average Bonchev–Trinajstić information content (AvgIpc) is 2.58. The fourth-order valence-corrected chi connectivity index (χ4v) is 2.50. The third kappa shape index (κ3) is 6.57. The van der Waals surface area contributed by atoms with Crippen molar-refractivity contribution in [2.24, 2.45) is 5.73 Å². The Kier molecular flexibility index (Phi) is 8.67. The Labute approximate surface area is 154 Å². The summed E-state index contributed by atoms with van der Waals surface area (Å²) in [6.07, 6.45) is 0.776. The van der Waals surface area contributed by atoms with E-state index in [9.17, 15) is 9.59 Å². The van der Waals surface area contributed by atoms with E-state index < -0.39 is 0 Å². The van der Waals surface area contributed by atoms with Crippen molar-refractivity contribution >= 4 is 29.9 Å². The first-order chi connectivity index (χ1) is 11.6. The molecule has 3 N–H and O–H groups in total. The van der Waals surface area contributed by atoms with Gasteiger partial charge in [0.1, 0.15) is 0 Å². The molecule has 0 aliphatic carbocycles. The molecular formula is C19H24ClN3O2. The Morgan fingerprint density at radius 1 is 1.04 bits per heavy atom. The maximum Gasteiger partial charge on any atom is 0.253 e. The van der Waals surface area contributed by atoms with Crippen LogP contribution in [0.5, 0.6) is 0 Å².